The first-order chi connectivity index (χ1) is 17.2. The van der Waals surface area contributed by atoms with Crippen LogP contribution in [0.3, 0.4) is 0 Å². The van der Waals surface area contributed by atoms with Crippen molar-refractivity contribution >= 4 is 17.1 Å². The summed E-state index contributed by atoms with van der Waals surface area (Å²) in [6, 6.07) is 4.69. The molecule has 0 radical (unpaired) electrons. The molecule has 0 unspecified atom stereocenters. The van der Waals surface area contributed by atoms with Crippen molar-refractivity contribution in [1.29, 1.82) is 0 Å². The number of hydrogen-bond acceptors (Lipinski definition) is 4. The topological polar surface area (TPSA) is 36.9 Å². The van der Waals surface area contributed by atoms with Gasteiger partial charge in [-0.1, -0.05) is 106 Å². The fourth-order valence-corrected chi connectivity index (χ4v) is 12.3. The van der Waals surface area contributed by atoms with E-state index in [-0.39, 0.29) is 12.2 Å². The molecule has 0 aliphatic rings. The van der Waals surface area contributed by atoms with Gasteiger partial charge in [-0.2, -0.15) is 0 Å². The Kier molecular flexibility index (Phi) is 27.3. The van der Waals surface area contributed by atoms with Crippen molar-refractivity contribution in [2.45, 2.75) is 183 Å². The molecule has 0 bridgehead atoms. The first kappa shape index (κ1) is 38.4. The summed E-state index contributed by atoms with van der Waals surface area (Å²) in [5, 5.41) is 0. The fraction of sp³-hybridized carbons (Fsp3) is 1.00. The van der Waals surface area contributed by atoms with E-state index in [9.17, 15) is 0 Å². The van der Waals surface area contributed by atoms with Gasteiger partial charge in [-0.15, -0.1) is 0 Å². The van der Waals surface area contributed by atoms with E-state index >= 15 is 0 Å². The summed E-state index contributed by atoms with van der Waals surface area (Å²) in [5.74, 6) is 0. The van der Waals surface area contributed by atoms with Crippen molar-refractivity contribution in [3.8, 4) is 0 Å². The van der Waals surface area contributed by atoms with E-state index in [0.717, 1.165) is 25.3 Å². The van der Waals surface area contributed by atoms with Gasteiger partial charge in [0.2, 0.25) is 0 Å². The Morgan fingerprint density at radius 3 is 0.944 bits per heavy atom. The molecular formula is C30H68O4Si2. The van der Waals surface area contributed by atoms with Gasteiger partial charge in [0.15, 0.2) is 0 Å². The third-order valence-corrected chi connectivity index (χ3v) is 14.0. The van der Waals surface area contributed by atoms with Gasteiger partial charge in [0, 0.05) is 25.4 Å². The second kappa shape index (κ2) is 25.5. The molecule has 0 aromatic rings. The van der Waals surface area contributed by atoms with Gasteiger partial charge in [0.1, 0.15) is 0 Å². The molecule has 0 aromatic carbocycles. The Balaban J connectivity index is 0. The fourth-order valence-electron chi connectivity index (χ4n) is 4.29. The first-order valence-electron chi connectivity index (χ1n) is 15.8. The highest BCUT2D eigenvalue weighted by Crippen LogP contribution is 2.28. The van der Waals surface area contributed by atoms with Crippen LogP contribution in [0.25, 0.3) is 0 Å². The van der Waals surface area contributed by atoms with Gasteiger partial charge in [-0.05, 0) is 64.7 Å². The molecule has 0 amide bonds. The molecule has 4 nitrogen and oxygen atoms in total. The molecule has 0 spiro atoms. The predicted molar refractivity (Wildman–Crippen MR) is 165 cm³/mol. The van der Waals surface area contributed by atoms with E-state index in [4.69, 9.17) is 17.7 Å². The van der Waals surface area contributed by atoms with Gasteiger partial charge in [0.05, 0.1) is 0 Å². The minimum Gasteiger partial charge on any atom is -0.394 e. The Morgan fingerprint density at radius 2 is 0.694 bits per heavy atom. The van der Waals surface area contributed by atoms with Crippen molar-refractivity contribution in [1.82, 2.24) is 0 Å². The average Bonchev–Trinajstić information content (AvgIpc) is 2.83. The summed E-state index contributed by atoms with van der Waals surface area (Å²) in [4.78, 5) is 0. The van der Waals surface area contributed by atoms with Gasteiger partial charge >= 0.3 is 17.1 Å². The molecule has 0 aliphatic heterocycles. The zero-order valence-electron chi connectivity index (χ0n) is 26.5. The van der Waals surface area contributed by atoms with Crippen LogP contribution in [0.2, 0.25) is 24.2 Å². The lowest BCUT2D eigenvalue weighted by atomic mass is 10.4. The van der Waals surface area contributed by atoms with E-state index in [0.29, 0.717) is 0 Å². The quantitative estimate of drug-likeness (QED) is 0.0887. The summed E-state index contributed by atoms with van der Waals surface area (Å²) in [6.07, 6.45) is 15.3. The monoisotopic (exact) mass is 548 g/mol. The maximum atomic E-state index is 6.34. The van der Waals surface area contributed by atoms with Crippen molar-refractivity contribution < 1.29 is 17.7 Å². The zero-order chi connectivity index (χ0) is 27.7. The second-order valence-corrected chi connectivity index (χ2v) is 17.7. The van der Waals surface area contributed by atoms with Gasteiger partial charge < -0.3 is 17.7 Å². The summed E-state index contributed by atoms with van der Waals surface area (Å²) in [6.45, 7) is 23.8. The smallest absolute Gasteiger partial charge is 0.338 e. The van der Waals surface area contributed by atoms with Crippen LogP contribution >= 0.6 is 0 Å². The van der Waals surface area contributed by atoms with E-state index < -0.39 is 17.1 Å². The lowest BCUT2D eigenvalue weighted by molar-refractivity contribution is 0.103. The van der Waals surface area contributed by atoms with E-state index in [1.165, 1.54) is 89.1 Å². The van der Waals surface area contributed by atoms with Crippen molar-refractivity contribution in [3.63, 3.8) is 0 Å². The van der Waals surface area contributed by atoms with E-state index in [2.05, 4.69) is 69.2 Å². The van der Waals surface area contributed by atoms with Crippen LogP contribution in [-0.2, 0) is 17.7 Å². The molecule has 220 valence electrons. The highest BCUT2D eigenvalue weighted by Gasteiger charge is 2.38. The number of unbranched alkanes of at least 4 members (excludes halogenated alkanes) is 6. The molecule has 0 aromatic heterocycles. The van der Waals surface area contributed by atoms with E-state index in [1.807, 2.05) is 0 Å². The Bertz CT molecular complexity index is 407. The Labute approximate surface area is 230 Å². The number of rotatable bonds is 24. The molecule has 0 N–H and O–H groups in total. The maximum Gasteiger partial charge on any atom is 0.338 e. The summed E-state index contributed by atoms with van der Waals surface area (Å²) in [5.41, 5.74) is 0. The van der Waals surface area contributed by atoms with Crippen LogP contribution in [0.15, 0.2) is 0 Å². The zero-order valence-corrected chi connectivity index (χ0v) is 28.5. The van der Waals surface area contributed by atoms with Gasteiger partial charge in [-0.3, -0.25) is 0 Å². The molecule has 0 atom stereocenters. The number of hydrogen-bond donors (Lipinski definition) is 0. The summed E-state index contributed by atoms with van der Waals surface area (Å²) >= 11 is 0. The SMILES string of the molecule is CCCCO[Si](CCCC)(CCCC)OCCCC.CCCC[Si](CCCC)(OC(C)C)OC(C)C. The standard InChI is InChI=1S/C16H36O2Si.C14H32O2Si/c1-5-9-13-17-19(15-11-7-3,16-12-8-4)18-14-10-6-2;1-7-9-11-17(12-10-8-2,15-13(3)4)16-14(5)6/h5-16H2,1-4H3;13-14H,7-12H2,1-6H3. The Morgan fingerprint density at radius 1 is 0.417 bits per heavy atom. The second-order valence-electron chi connectivity index (χ2n) is 11.0. The highest BCUT2D eigenvalue weighted by molar-refractivity contribution is 6.67. The minimum atomic E-state index is -1.96. The van der Waals surface area contributed by atoms with Crippen LogP contribution in [0.5, 0.6) is 0 Å². The Hall–Kier alpha value is 0.274. The largest absolute Gasteiger partial charge is 0.394 e. The van der Waals surface area contributed by atoms with Crippen LogP contribution in [0.4, 0.5) is 0 Å². The normalized spacial score (nSPS) is 12.3. The molecule has 0 fully saturated rings. The molecule has 0 heterocycles. The van der Waals surface area contributed by atoms with Crippen molar-refractivity contribution in [2.75, 3.05) is 13.2 Å². The lowest BCUT2D eigenvalue weighted by Crippen LogP contribution is -2.45. The van der Waals surface area contributed by atoms with Crippen molar-refractivity contribution in [2.24, 2.45) is 0 Å². The van der Waals surface area contributed by atoms with Crippen LogP contribution in [0, 0.1) is 0 Å². The molecule has 0 saturated heterocycles. The molecular weight excluding hydrogens is 480 g/mol. The first-order valence-corrected chi connectivity index (χ1v) is 20.3. The third-order valence-electron chi connectivity index (χ3n) is 6.27. The molecule has 36 heavy (non-hydrogen) atoms. The average molecular weight is 549 g/mol. The van der Waals surface area contributed by atoms with E-state index in [1.54, 1.807) is 0 Å². The summed E-state index contributed by atoms with van der Waals surface area (Å²) < 4.78 is 25.2. The predicted octanol–water partition coefficient (Wildman–Crippen LogP) is 10.5. The third kappa shape index (κ3) is 21.2. The lowest BCUT2D eigenvalue weighted by Gasteiger charge is -2.34. The highest BCUT2D eigenvalue weighted by atomic mass is 28.4. The van der Waals surface area contributed by atoms with Crippen molar-refractivity contribution in [3.05, 3.63) is 0 Å². The van der Waals surface area contributed by atoms with Crippen LogP contribution in [-0.4, -0.2) is 42.5 Å². The minimum absolute atomic E-state index is 0.286. The van der Waals surface area contributed by atoms with Gasteiger partial charge in [-0.25, -0.2) is 0 Å². The summed E-state index contributed by atoms with van der Waals surface area (Å²) in [7, 11) is -3.88. The van der Waals surface area contributed by atoms with Crippen LogP contribution in [0.1, 0.15) is 146 Å². The molecule has 6 heteroatoms. The van der Waals surface area contributed by atoms with Gasteiger partial charge in [0.25, 0.3) is 0 Å². The molecule has 0 saturated carbocycles. The molecule has 0 rings (SSSR count). The maximum absolute atomic E-state index is 6.34. The van der Waals surface area contributed by atoms with Crippen LogP contribution < -0.4 is 0 Å². The molecule has 0 aliphatic carbocycles.